The van der Waals surface area contributed by atoms with Crippen molar-refractivity contribution in [1.82, 2.24) is 4.90 Å². The Kier molecular flexibility index (Phi) is 8.79. The van der Waals surface area contributed by atoms with Crippen molar-refractivity contribution >= 4 is 0 Å². The van der Waals surface area contributed by atoms with Crippen LogP contribution < -0.4 is 14.2 Å². The molecule has 1 N–H and O–H groups in total. The minimum absolute atomic E-state index is 0.324. The van der Waals surface area contributed by atoms with E-state index in [2.05, 4.69) is 24.0 Å². The van der Waals surface area contributed by atoms with Crippen molar-refractivity contribution in [3.05, 3.63) is 53.1 Å². The number of methoxy groups -OCH3 is 2. The molecule has 0 bridgehead atoms. The van der Waals surface area contributed by atoms with Gasteiger partial charge in [0.25, 0.3) is 0 Å². The zero-order valence-corrected chi connectivity index (χ0v) is 19.9. The molecule has 0 aromatic heterocycles. The highest BCUT2D eigenvalue weighted by Crippen LogP contribution is 2.30. The van der Waals surface area contributed by atoms with Crippen LogP contribution in [0.2, 0.25) is 0 Å². The predicted octanol–water partition coefficient (Wildman–Crippen LogP) is 4.13. The fourth-order valence-corrected chi connectivity index (χ4v) is 4.14. The molecule has 1 heterocycles. The van der Waals surface area contributed by atoms with Gasteiger partial charge in [-0.05, 0) is 69.0 Å². The van der Waals surface area contributed by atoms with Gasteiger partial charge in [0.1, 0.15) is 19.0 Å². The van der Waals surface area contributed by atoms with Gasteiger partial charge < -0.3 is 24.1 Å². The summed E-state index contributed by atoms with van der Waals surface area (Å²) in [4.78, 5) is 2.38. The molecule has 0 aliphatic carbocycles. The predicted molar refractivity (Wildman–Crippen MR) is 126 cm³/mol. The maximum absolute atomic E-state index is 11.2. The van der Waals surface area contributed by atoms with Crippen LogP contribution in [0.1, 0.15) is 36.0 Å². The van der Waals surface area contributed by atoms with Gasteiger partial charge >= 0.3 is 0 Å². The lowest BCUT2D eigenvalue weighted by molar-refractivity contribution is -0.0170. The summed E-state index contributed by atoms with van der Waals surface area (Å²) in [6.45, 7) is 8.01. The fraction of sp³-hybridized carbons (Fsp3) is 0.538. The molecule has 6 heteroatoms. The minimum atomic E-state index is -0.805. The van der Waals surface area contributed by atoms with Crippen LogP contribution in [0.5, 0.6) is 17.2 Å². The smallest absolute Gasteiger partial charge is 0.161 e. The molecule has 0 amide bonds. The first kappa shape index (κ1) is 24.4. The van der Waals surface area contributed by atoms with Gasteiger partial charge in [0.2, 0.25) is 0 Å². The first-order valence-electron chi connectivity index (χ1n) is 11.4. The number of aryl methyl sites for hydroxylation is 2. The van der Waals surface area contributed by atoms with E-state index in [1.165, 1.54) is 5.56 Å². The van der Waals surface area contributed by atoms with Gasteiger partial charge in [-0.25, -0.2) is 0 Å². The van der Waals surface area contributed by atoms with Crippen LogP contribution in [0.15, 0.2) is 36.4 Å². The van der Waals surface area contributed by atoms with Crippen LogP contribution in [-0.4, -0.2) is 62.7 Å². The molecule has 0 radical (unpaired) electrons. The van der Waals surface area contributed by atoms with Crippen molar-refractivity contribution in [1.29, 1.82) is 0 Å². The van der Waals surface area contributed by atoms with Crippen molar-refractivity contribution in [3.8, 4) is 17.2 Å². The SMILES string of the molecule is COCCOc1cc(CN2CCCC(O)(COc3ccc(C)cc3C)CC2)ccc1OC. The zero-order chi connectivity index (χ0) is 23.0. The van der Waals surface area contributed by atoms with Crippen molar-refractivity contribution in [2.24, 2.45) is 0 Å². The summed E-state index contributed by atoms with van der Waals surface area (Å²) in [5, 5.41) is 11.2. The van der Waals surface area contributed by atoms with Gasteiger partial charge in [-0.15, -0.1) is 0 Å². The molecule has 32 heavy (non-hydrogen) atoms. The van der Waals surface area contributed by atoms with E-state index in [1.807, 2.05) is 31.2 Å². The molecule has 6 nitrogen and oxygen atoms in total. The third-order valence-electron chi connectivity index (χ3n) is 6.02. The molecule has 2 aromatic carbocycles. The standard InChI is InChI=1S/C26H37NO5/c1-20-6-8-23(21(2)16-20)32-19-26(28)10-5-12-27(13-11-26)18-22-7-9-24(30-4)25(17-22)31-15-14-29-3/h6-9,16-17,28H,5,10-15,18-19H2,1-4H3. The van der Waals surface area contributed by atoms with Crippen molar-refractivity contribution in [3.63, 3.8) is 0 Å². The molecular formula is C26H37NO5. The summed E-state index contributed by atoms with van der Waals surface area (Å²) in [7, 11) is 3.30. The van der Waals surface area contributed by atoms with Crippen LogP contribution in [0.25, 0.3) is 0 Å². The van der Waals surface area contributed by atoms with Gasteiger partial charge in [0, 0.05) is 20.2 Å². The quantitative estimate of drug-likeness (QED) is 0.557. The van der Waals surface area contributed by atoms with Crippen LogP contribution in [0.4, 0.5) is 0 Å². The number of aliphatic hydroxyl groups is 1. The van der Waals surface area contributed by atoms with Gasteiger partial charge in [0.15, 0.2) is 11.5 Å². The molecule has 1 atom stereocenters. The normalized spacial score (nSPS) is 19.4. The molecule has 0 spiro atoms. The Hall–Kier alpha value is -2.28. The average Bonchev–Trinajstić information content (AvgIpc) is 2.95. The van der Waals surface area contributed by atoms with E-state index in [0.29, 0.717) is 26.2 Å². The second-order valence-corrected chi connectivity index (χ2v) is 8.74. The molecular weight excluding hydrogens is 406 g/mol. The summed E-state index contributed by atoms with van der Waals surface area (Å²) in [6.07, 6.45) is 2.35. The highest BCUT2D eigenvalue weighted by molar-refractivity contribution is 5.43. The zero-order valence-electron chi connectivity index (χ0n) is 19.9. The summed E-state index contributed by atoms with van der Waals surface area (Å²) in [5.41, 5.74) is 2.67. The van der Waals surface area contributed by atoms with Gasteiger partial charge in [-0.2, -0.15) is 0 Å². The van der Waals surface area contributed by atoms with Crippen LogP contribution >= 0.6 is 0 Å². The van der Waals surface area contributed by atoms with E-state index in [1.54, 1.807) is 14.2 Å². The number of hydrogen-bond acceptors (Lipinski definition) is 6. The largest absolute Gasteiger partial charge is 0.493 e. The number of rotatable bonds is 10. The first-order valence-corrected chi connectivity index (χ1v) is 11.4. The molecule has 2 aromatic rings. The summed E-state index contributed by atoms with van der Waals surface area (Å²) in [5.74, 6) is 2.30. The second-order valence-electron chi connectivity index (χ2n) is 8.74. The molecule has 1 saturated heterocycles. The lowest BCUT2D eigenvalue weighted by atomic mass is 9.96. The van der Waals surface area contributed by atoms with Crippen LogP contribution in [0, 0.1) is 13.8 Å². The molecule has 1 aliphatic rings. The second kappa shape index (κ2) is 11.5. The van der Waals surface area contributed by atoms with Crippen molar-refractivity contribution < 1.29 is 24.1 Å². The summed E-state index contributed by atoms with van der Waals surface area (Å²) in [6, 6.07) is 12.2. The Balaban J connectivity index is 1.57. The molecule has 176 valence electrons. The van der Waals surface area contributed by atoms with Crippen molar-refractivity contribution in [2.45, 2.75) is 45.3 Å². The molecule has 1 unspecified atom stereocenters. The Labute approximate surface area is 192 Å². The number of ether oxygens (including phenoxy) is 4. The Morgan fingerprint density at radius 3 is 2.47 bits per heavy atom. The van der Waals surface area contributed by atoms with Crippen LogP contribution in [-0.2, 0) is 11.3 Å². The van der Waals surface area contributed by atoms with E-state index in [-0.39, 0.29) is 0 Å². The molecule has 3 rings (SSSR count). The topological polar surface area (TPSA) is 60.4 Å². The van der Waals surface area contributed by atoms with E-state index in [4.69, 9.17) is 18.9 Å². The molecule has 0 saturated carbocycles. The number of hydrogen-bond donors (Lipinski definition) is 1. The Morgan fingerprint density at radius 2 is 1.72 bits per heavy atom. The monoisotopic (exact) mass is 443 g/mol. The number of nitrogens with zero attached hydrogens (tertiary/aromatic N) is 1. The fourth-order valence-electron chi connectivity index (χ4n) is 4.14. The molecule has 1 aliphatic heterocycles. The lowest BCUT2D eigenvalue weighted by Crippen LogP contribution is -2.37. The van der Waals surface area contributed by atoms with Crippen LogP contribution in [0.3, 0.4) is 0 Å². The summed E-state index contributed by atoms with van der Waals surface area (Å²) >= 11 is 0. The maximum atomic E-state index is 11.2. The van der Waals surface area contributed by atoms with E-state index < -0.39 is 5.60 Å². The maximum Gasteiger partial charge on any atom is 0.161 e. The highest BCUT2D eigenvalue weighted by Gasteiger charge is 2.31. The summed E-state index contributed by atoms with van der Waals surface area (Å²) < 4.78 is 22.3. The lowest BCUT2D eigenvalue weighted by Gasteiger charge is -2.27. The minimum Gasteiger partial charge on any atom is -0.493 e. The number of benzene rings is 2. The van der Waals surface area contributed by atoms with Gasteiger partial charge in [-0.3, -0.25) is 4.90 Å². The Bertz CT molecular complexity index is 871. The van der Waals surface area contributed by atoms with E-state index in [0.717, 1.165) is 60.9 Å². The Morgan fingerprint density at radius 1 is 0.906 bits per heavy atom. The van der Waals surface area contributed by atoms with Gasteiger partial charge in [-0.1, -0.05) is 23.8 Å². The van der Waals surface area contributed by atoms with E-state index >= 15 is 0 Å². The third-order valence-corrected chi connectivity index (χ3v) is 6.02. The average molecular weight is 444 g/mol. The third kappa shape index (κ3) is 6.86. The van der Waals surface area contributed by atoms with E-state index in [9.17, 15) is 5.11 Å². The first-order chi connectivity index (χ1) is 15.4. The van der Waals surface area contributed by atoms with Gasteiger partial charge in [0.05, 0.1) is 19.3 Å². The van der Waals surface area contributed by atoms with Crippen molar-refractivity contribution in [2.75, 3.05) is 47.1 Å². The number of likely N-dealkylation sites (tertiary alicyclic amines) is 1. The highest BCUT2D eigenvalue weighted by atomic mass is 16.5. The molecule has 1 fully saturated rings.